The molecule has 0 bridgehead atoms. The van der Waals surface area contributed by atoms with Gasteiger partial charge in [0, 0.05) is 18.8 Å². The number of rotatable bonds is 3. The fourth-order valence-electron chi connectivity index (χ4n) is 1.76. The van der Waals surface area contributed by atoms with E-state index in [4.69, 9.17) is 10.5 Å². The van der Waals surface area contributed by atoms with Gasteiger partial charge in [-0.25, -0.2) is 0 Å². The molecule has 0 saturated heterocycles. The van der Waals surface area contributed by atoms with Crippen molar-refractivity contribution in [1.82, 2.24) is 0 Å². The zero-order valence-corrected chi connectivity index (χ0v) is 10.1. The normalized spacial score (nSPS) is 10.0. The van der Waals surface area contributed by atoms with E-state index >= 15 is 0 Å². The molecule has 2 aromatic carbocycles. The first-order valence-corrected chi connectivity index (χ1v) is 5.44. The van der Waals surface area contributed by atoms with Crippen molar-refractivity contribution in [2.75, 3.05) is 24.8 Å². The first-order chi connectivity index (χ1) is 8.22. The maximum atomic E-state index is 6.01. The highest BCUT2D eigenvalue weighted by Crippen LogP contribution is 2.31. The minimum atomic E-state index is 0.704. The number of anilines is 3. The van der Waals surface area contributed by atoms with Gasteiger partial charge in [-0.1, -0.05) is 18.2 Å². The molecule has 2 N–H and O–H groups in total. The van der Waals surface area contributed by atoms with E-state index < -0.39 is 0 Å². The maximum absolute atomic E-state index is 6.01. The molecule has 0 radical (unpaired) electrons. The zero-order chi connectivity index (χ0) is 12.3. The van der Waals surface area contributed by atoms with Crippen molar-refractivity contribution in [3.8, 4) is 5.75 Å². The molecule has 0 aromatic heterocycles. The smallest absolute Gasteiger partial charge is 0.121 e. The molecular formula is C14H16N2O. The van der Waals surface area contributed by atoms with Crippen LogP contribution in [-0.4, -0.2) is 14.2 Å². The van der Waals surface area contributed by atoms with E-state index in [1.54, 1.807) is 7.11 Å². The molecule has 2 aromatic rings. The lowest BCUT2D eigenvalue weighted by Gasteiger charge is -2.21. The van der Waals surface area contributed by atoms with Crippen LogP contribution in [-0.2, 0) is 0 Å². The summed E-state index contributed by atoms with van der Waals surface area (Å²) in [5.41, 5.74) is 8.79. The third-order valence-electron chi connectivity index (χ3n) is 2.74. The summed E-state index contributed by atoms with van der Waals surface area (Å²) in [4.78, 5) is 2.05. The molecule has 88 valence electrons. The van der Waals surface area contributed by atoms with Crippen LogP contribution in [0.4, 0.5) is 17.1 Å². The predicted molar refractivity (Wildman–Crippen MR) is 71.9 cm³/mol. The van der Waals surface area contributed by atoms with Crippen molar-refractivity contribution < 1.29 is 4.74 Å². The van der Waals surface area contributed by atoms with Crippen LogP contribution in [0.5, 0.6) is 5.75 Å². The van der Waals surface area contributed by atoms with Gasteiger partial charge < -0.3 is 15.4 Å². The second-order valence-corrected chi connectivity index (χ2v) is 3.82. The minimum Gasteiger partial charge on any atom is -0.497 e. The second kappa shape index (κ2) is 4.78. The van der Waals surface area contributed by atoms with Gasteiger partial charge in [-0.3, -0.25) is 0 Å². The standard InChI is InChI=1S/C14H16N2O/c1-16(11-6-4-3-5-7-11)14-9-8-12(17-2)10-13(14)15/h3-10H,15H2,1-2H3. The third-order valence-corrected chi connectivity index (χ3v) is 2.74. The molecular weight excluding hydrogens is 212 g/mol. The lowest BCUT2D eigenvalue weighted by molar-refractivity contribution is 0.415. The Kier molecular flexibility index (Phi) is 3.19. The fraction of sp³-hybridized carbons (Fsp3) is 0.143. The van der Waals surface area contributed by atoms with Gasteiger partial charge in [-0.15, -0.1) is 0 Å². The Morgan fingerprint density at radius 2 is 1.76 bits per heavy atom. The molecule has 0 aliphatic carbocycles. The molecule has 0 aliphatic heterocycles. The average molecular weight is 228 g/mol. The molecule has 0 saturated carbocycles. The topological polar surface area (TPSA) is 38.5 Å². The molecule has 17 heavy (non-hydrogen) atoms. The quantitative estimate of drug-likeness (QED) is 0.820. The van der Waals surface area contributed by atoms with Gasteiger partial charge in [0.2, 0.25) is 0 Å². The Morgan fingerprint density at radius 1 is 1.06 bits per heavy atom. The van der Waals surface area contributed by atoms with Crippen molar-refractivity contribution in [2.24, 2.45) is 0 Å². The van der Waals surface area contributed by atoms with E-state index in [2.05, 4.69) is 4.90 Å². The van der Waals surface area contributed by atoms with Gasteiger partial charge in [0.05, 0.1) is 18.5 Å². The number of nitrogens with zero attached hydrogens (tertiary/aromatic N) is 1. The van der Waals surface area contributed by atoms with Gasteiger partial charge in [-0.2, -0.15) is 0 Å². The molecule has 2 rings (SSSR count). The van der Waals surface area contributed by atoms with Crippen molar-refractivity contribution in [2.45, 2.75) is 0 Å². The van der Waals surface area contributed by atoms with E-state index in [1.807, 2.05) is 55.6 Å². The average Bonchev–Trinajstić information content (AvgIpc) is 2.39. The summed E-state index contributed by atoms with van der Waals surface area (Å²) in [6.07, 6.45) is 0. The predicted octanol–water partition coefficient (Wildman–Crippen LogP) is 3.05. The summed E-state index contributed by atoms with van der Waals surface area (Å²) < 4.78 is 5.14. The number of methoxy groups -OCH3 is 1. The molecule has 0 aliphatic rings. The van der Waals surface area contributed by atoms with Crippen LogP contribution in [0.2, 0.25) is 0 Å². The Balaban J connectivity index is 2.34. The molecule has 0 heterocycles. The van der Waals surface area contributed by atoms with E-state index in [1.165, 1.54) is 0 Å². The van der Waals surface area contributed by atoms with Crippen LogP contribution in [0.1, 0.15) is 0 Å². The van der Waals surface area contributed by atoms with E-state index in [0.717, 1.165) is 17.1 Å². The van der Waals surface area contributed by atoms with Gasteiger partial charge >= 0.3 is 0 Å². The Morgan fingerprint density at radius 3 is 2.35 bits per heavy atom. The Hall–Kier alpha value is -2.16. The lowest BCUT2D eigenvalue weighted by Crippen LogP contribution is -2.11. The molecule has 0 unspecified atom stereocenters. The molecule has 3 nitrogen and oxygen atoms in total. The highest BCUT2D eigenvalue weighted by Gasteiger charge is 2.07. The van der Waals surface area contributed by atoms with Gasteiger partial charge in [0.15, 0.2) is 0 Å². The summed E-state index contributed by atoms with van der Waals surface area (Å²) in [6, 6.07) is 15.8. The summed E-state index contributed by atoms with van der Waals surface area (Å²) in [5, 5.41) is 0. The van der Waals surface area contributed by atoms with Crippen LogP contribution in [0, 0.1) is 0 Å². The maximum Gasteiger partial charge on any atom is 0.121 e. The van der Waals surface area contributed by atoms with Crippen molar-refractivity contribution in [3.05, 3.63) is 48.5 Å². The SMILES string of the molecule is COc1ccc(N(C)c2ccccc2)c(N)c1. The molecule has 0 atom stereocenters. The highest BCUT2D eigenvalue weighted by molar-refractivity contribution is 5.75. The summed E-state index contributed by atoms with van der Waals surface area (Å²) in [6.45, 7) is 0. The lowest BCUT2D eigenvalue weighted by atomic mass is 10.2. The first-order valence-electron chi connectivity index (χ1n) is 5.44. The molecule has 0 spiro atoms. The summed E-state index contributed by atoms with van der Waals surface area (Å²) in [5.74, 6) is 0.771. The molecule has 0 fully saturated rings. The van der Waals surface area contributed by atoms with E-state index in [-0.39, 0.29) is 0 Å². The monoisotopic (exact) mass is 228 g/mol. The van der Waals surface area contributed by atoms with Gasteiger partial charge in [0.25, 0.3) is 0 Å². The molecule has 0 amide bonds. The van der Waals surface area contributed by atoms with E-state index in [9.17, 15) is 0 Å². The van der Waals surface area contributed by atoms with Crippen LogP contribution in [0.25, 0.3) is 0 Å². The van der Waals surface area contributed by atoms with Crippen molar-refractivity contribution >= 4 is 17.1 Å². The van der Waals surface area contributed by atoms with Crippen LogP contribution in [0.15, 0.2) is 48.5 Å². The number of nitrogens with two attached hydrogens (primary N) is 1. The Bertz CT molecular complexity index is 497. The number of para-hydroxylation sites is 1. The first kappa shape index (κ1) is 11.3. The van der Waals surface area contributed by atoms with Crippen molar-refractivity contribution in [3.63, 3.8) is 0 Å². The van der Waals surface area contributed by atoms with E-state index in [0.29, 0.717) is 5.69 Å². The number of ether oxygens (including phenoxy) is 1. The van der Waals surface area contributed by atoms with Gasteiger partial charge in [0.1, 0.15) is 5.75 Å². The zero-order valence-electron chi connectivity index (χ0n) is 10.1. The van der Waals surface area contributed by atoms with Gasteiger partial charge in [-0.05, 0) is 24.3 Å². The fourth-order valence-corrected chi connectivity index (χ4v) is 1.76. The Labute approximate surface area is 101 Å². The number of nitrogen functional groups attached to an aromatic ring is 1. The number of hydrogen-bond acceptors (Lipinski definition) is 3. The van der Waals surface area contributed by atoms with Crippen molar-refractivity contribution in [1.29, 1.82) is 0 Å². The second-order valence-electron chi connectivity index (χ2n) is 3.82. The van der Waals surface area contributed by atoms with Crippen LogP contribution in [0.3, 0.4) is 0 Å². The molecule has 3 heteroatoms. The minimum absolute atomic E-state index is 0.704. The van der Waals surface area contributed by atoms with Crippen LogP contribution < -0.4 is 15.4 Å². The summed E-state index contributed by atoms with van der Waals surface area (Å²) >= 11 is 0. The largest absolute Gasteiger partial charge is 0.497 e. The highest BCUT2D eigenvalue weighted by atomic mass is 16.5. The number of benzene rings is 2. The number of hydrogen-bond donors (Lipinski definition) is 1. The summed E-state index contributed by atoms with van der Waals surface area (Å²) in [7, 11) is 3.63. The van der Waals surface area contributed by atoms with Crippen LogP contribution >= 0.6 is 0 Å². The third kappa shape index (κ3) is 2.33.